The summed E-state index contributed by atoms with van der Waals surface area (Å²) in [6.45, 7) is 0. The lowest BCUT2D eigenvalue weighted by Gasteiger charge is -2.30. The predicted octanol–water partition coefficient (Wildman–Crippen LogP) is -0.854. The molecular weight excluding hydrogens is 544 g/mol. The standard InChI is InChI=1S/C13H16FN6O12P3/c1-3-12(14)10(20-4-17-5-8(16-2)18-11(15)19-9(5)20)29-6-7(13(6,12)21)30-34(25,26)32-35(27,28)31-33(22,23)24/h1,4,6-7,10,21H,2H3,(H,25,26)(H,27,28)(H2,22,23,24)(H3,15,16,18,19)/t6-,7?,10-,12+,13+/m1/s1. The fourth-order valence-electron chi connectivity index (χ4n) is 3.64. The van der Waals surface area contributed by atoms with Crippen molar-refractivity contribution in [1.29, 1.82) is 0 Å². The molecule has 2 aromatic rings. The molecule has 0 radical (unpaired) electrons. The van der Waals surface area contributed by atoms with Gasteiger partial charge in [0.05, 0.1) is 6.33 Å². The highest BCUT2D eigenvalue weighted by Crippen LogP contribution is 2.71. The summed E-state index contributed by atoms with van der Waals surface area (Å²) in [6, 6.07) is 0. The molecule has 22 heteroatoms. The van der Waals surface area contributed by atoms with Crippen LogP contribution in [0.1, 0.15) is 6.23 Å². The number of hydrogen-bond donors (Lipinski definition) is 7. The van der Waals surface area contributed by atoms with Crippen molar-refractivity contribution < 1.29 is 60.6 Å². The van der Waals surface area contributed by atoms with Crippen molar-refractivity contribution in [3.8, 4) is 12.3 Å². The summed E-state index contributed by atoms with van der Waals surface area (Å²) in [5.74, 6) is 1.67. The third-order valence-corrected chi connectivity index (χ3v) is 8.85. The molecule has 2 aromatic heterocycles. The summed E-state index contributed by atoms with van der Waals surface area (Å²) in [5, 5.41) is 13.6. The van der Waals surface area contributed by atoms with Gasteiger partial charge in [-0.25, -0.2) is 23.1 Å². The van der Waals surface area contributed by atoms with E-state index in [1.54, 1.807) is 5.92 Å². The number of aromatic nitrogens is 4. The number of aliphatic hydroxyl groups is 1. The van der Waals surface area contributed by atoms with Crippen molar-refractivity contribution in [3.05, 3.63) is 6.33 Å². The lowest BCUT2D eigenvalue weighted by atomic mass is 9.96. The van der Waals surface area contributed by atoms with Crippen LogP contribution < -0.4 is 11.1 Å². The van der Waals surface area contributed by atoms with Crippen LogP contribution in [0.4, 0.5) is 16.2 Å². The minimum absolute atomic E-state index is 0.0431. The Hall–Kier alpha value is -2.03. The normalized spacial score (nSPS) is 33.5. The minimum atomic E-state index is -5.85. The second-order valence-electron chi connectivity index (χ2n) is 7.21. The number of nitrogens with two attached hydrogens (primary N) is 1. The lowest BCUT2D eigenvalue weighted by Crippen LogP contribution is -2.46. The van der Waals surface area contributed by atoms with E-state index in [-0.39, 0.29) is 22.9 Å². The van der Waals surface area contributed by atoms with Crippen molar-refractivity contribution in [2.24, 2.45) is 0 Å². The molecule has 35 heavy (non-hydrogen) atoms. The number of phosphoric ester groups is 1. The topological polar surface area (TPSA) is 271 Å². The molecule has 2 aliphatic rings. The summed E-state index contributed by atoms with van der Waals surface area (Å²) in [6.07, 6.45) is 0.858. The summed E-state index contributed by atoms with van der Waals surface area (Å²) < 4.78 is 68.4. The van der Waals surface area contributed by atoms with E-state index >= 15 is 4.39 Å². The fourth-order valence-corrected chi connectivity index (χ4v) is 6.85. The molecule has 7 atom stereocenters. The molecule has 1 aliphatic heterocycles. The maximum atomic E-state index is 16.0. The molecule has 192 valence electrons. The third-order valence-electron chi connectivity index (χ3n) is 5.03. The Morgan fingerprint density at radius 1 is 1.26 bits per heavy atom. The highest BCUT2D eigenvalue weighted by atomic mass is 31.3. The summed E-state index contributed by atoms with van der Waals surface area (Å²) >= 11 is 0. The van der Waals surface area contributed by atoms with Crippen LogP contribution in [-0.4, -0.2) is 74.7 Å². The van der Waals surface area contributed by atoms with Gasteiger partial charge >= 0.3 is 23.5 Å². The van der Waals surface area contributed by atoms with Crippen LogP contribution in [0.3, 0.4) is 0 Å². The SMILES string of the molecule is C#C[C@]1(F)[C@H](n2cnc3c(NC)nc(N)nc32)O[C@@H]2C(OP(=O)(O)OP(=O)(O)OP(=O)(O)O)[C@@]21O. The molecule has 1 saturated carbocycles. The number of fused-ring (bicyclic) bond motifs is 2. The van der Waals surface area contributed by atoms with E-state index in [2.05, 4.69) is 33.4 Å². The fraction of sp³-hybridized carbons (Fsp3) is 0.462. The van der Waals surface area contributed by atoms with E-state index in [1.807, 2.05) is 0 Å². The lowest BCUT2D eigenvalue weighted by molar-refractivity contribution is -0.0923. The maximum absolute atomic E-state index is 16.0. The first-order valence-corrected chi connectivity index (χ1v) is 13.5. The van der Waals surface area contributed by atoms with Gasteiger partial charge in [0, 0.05) is 7.05 Å². The van der Waals surface area contributed by atoms with Crippen LogP contribution in [-0.2, 0) is 31.6 Å². The van der Waals surface area contributed by atoms with Crippen molar-refractivity contribution in [1.82, 2.24) is 19.5 Å². The second kappa shape index (κ2) is 7.98. The van der Waals surface area contributed by atoms with Crippen molar-refractivity contribution >= 4 is 46.4 Å². The first kappa shape index (κ1) is 26.0. The third kappa shape index (κ3) is 4.27. The quantitative estimate of drug-likeness (QED) is 0.153. The Balaban J connectivity index is 1.60. The Bertz CT molecular complexity index is 1390. The van der Waals surface area contributed by atoms with E-state index in [0.717, 1.165) is 10.9 Å². The maximum Gasteiger partial charge on any atom is 0.490 e. The number of alkyl halides is 1. The minimum Gasteiger partial charge on any atom is -0.380 e. The first-order valence-electron chi connectivity index (χ1n) is 9.02. The van der Waals surface area contributed by atoms with E-state index in [1.165, 1.54) is 7.05 Å². The summed E-state index contributed by atoms with van der Waals surface area (Å²) in [7, 11) is -15.7. The molecule has 8 N–H and O–H groups in total. The largest absolute Gasteiger partial charge is 0.490 e. The number of nitrogens with one attached hydrogen (secondary N) is 1. The van der Waals surface area contributed by atoms with Crippen molar-refractivity contribution in [2.45, 2.75) is 29.7 Å². The molecular formula is C13H16FN6O12P3. The van der Waals surface area contributed by atoms with Gasteiger partial charge in [-0.05, 0) is 0 Å². The molecule has 18 nitrogen and oxygen atoms in total. The average molecular weight is 560 g/mol. The van der Waals surface area contributed by atoms with Crippen molar-refractivity contribution in [2.75, 3.05) is 18.1 Å². The van der Waals surface area contributed by atoms with Gasteiger partial charge in [0.15, 0.2) is 28.8 Å². The van der Waals surface area contributed by atoms with Crippen LogP contribution in [0.15, 0.2) is 6.33 Å². The van der Waals surface area contributed by atoms with Crippen LogP contribution in [0.25, 0.3) is 11.2 Å². The molecule has 0 amide bonds. The van der Waals surface area contributed by atoms with Gasteiger partial charge in [0.2, 0.25) is 11.6 Å². The number of nitrogen functional groups attached to an aromatic ring is 1. The molecule has 2 fully saturated rings. The zero-order valence-electron chi connectivity index (χ0n) is 17.1. The second-order valence-corrected chi connectivity index (χ2v) is 11.6. The zero-order valence-corrected chi connectivity index (χ0v) is 19.7. The average Bonchev–Trinajstić information content (AvgIpc) is 2.97. The van der Waals surface area contributed by atoms with Gasteiger partial charge in [-0.1, -0.05) is 5.92 Å². The van der Waals surface area contributed by atoms with Gasteiger partial charge in [-0.2, -0.15) is 18.6 Å². The number of ether oxygens (including phenoxy) is 1. The molecule has 3 heterocycles. The van der Waals surface area contributed by atoms with E-state index in [4.69, 9.17) is 26.7 Å². The monoisotopic (exact) mass is 560 g/mol. The number of nitrogens with zero attached hydrogens (tertiary/aromatic N) is 4. The number of anilines is 2. The molecule has 1 aliphatic carbocycles. The highest BCUT2D eigenvalue weighted by Gasteiger charge is 2.87. The molecule has 0 spiro atoms. The number of halogens is 1. The smallest absolute Gasteiger partial charge is 0.380 e. The Labute approximate surface area is 193 Å². The molecule has 3 unspecified atom stereocenters. The molecule has 0 bridgehead atoms. The number of terminal acetylenes is 1. The first-order chi connectivity index (χ1) is 16.0. The van der Waals surface area contributed by atoms with Gasteiger partial charge < -0.3 is 40.5 Å². The van der Waals surface area contributed by atoms with E-state index < -0.39 is 53.2 Å². The van der Waals surface area contributed by atoms with E-state index in [0.29, 0.717) is 0 Å². The van der Waals surface area contributed by atoms with Crippen LogP contribution in [0.2, 0.25) is 0 Å². The van der Waals surface area contributed by atoms with E-state index in [9.17, 15) is 28.6 Å². The van der Waals surface area contributed by atoms with Crippen LogP contribution in [0, 0.1) is 12.3 Å². The van der Waals surface area contributed by atoms with Crippen LogP contribution in [0.5, 0.6) is 0 Å². The van der Waals surface area contributed by atoms with Gasteiger partial charge in [-0.15, -0.1) is 6.42 Å². The molecule has 0 aromatic carbocycles. The highest BCUT2D eigenvalue weighted by molar-refractivity contribution is 7.66. The Kier molecular flexibility index (Phi) is 5.94. The Morgan fingerprint density at radius 2 is 1.91 bits per heavy atom. The summed E-state index contributed by atoms with van der Waals surface area (Å²) in [4.78, 5) is 48.0. The summed E-state index contributed by atoms with van der Waals surface area (Å²) in [5.41, 5.74) is -0.187. The molecule has 4 rings (SSSR count). The number of phosphoric acid groups is 3. The number of rotatable bonds is 8. The van der Waals surface area contributed by atoms with Crippen molar-refractivity contribution in [3.63, 3.8) is 0 Å². The number of imidazole rings is 1. The van der Waals surface area contributed by atoms with Gasteiger partial charge in [0.25, 0.3) is 0 Å². The number of hydrogen-bond acceptors (Lipinski definition) is 13. The predicted molar refractivity (Wildman–Crippen MR) is 110 cm³/mol. The Morgan fingerprint density at radius 3 is 2.49 bits per heavy atom. The zero-order chi connectivity index (χ0) is 26.2. The van der Waals surface area contributed by atoms with Gasteiger partial charge in [0.1, 0.15) is 12.2 Å². The van der Waals surface area contributed by atoms with Crippen LogP contribution >= 0.6 is 23.5 Å². The molecule has 1 saturated heterocycles. The van der Waals surface area contributed by atoms with Gasteiger partial charge in [-0.3, -0.25) is 9.09 Å².